The number of amides is 2. The van der Waals surface area contributed by atoms with Crippen molar-refractivity contribution in [2.45, 2.75) is 51.7 Å². The first-order chi connectivity index (χ1) is 9.95. The van der Waals surface area contributed by atoms with Gasteiger partial charge in [-0.25, -0.2) is 0 Å². The third-order valence-corrected chi connectivity index (χ3v) is 3.49. The minimum atomic E-state index is -0.146. The van der Waals surface area contributed by atoms with Crippen molar-refractivity contribution in [2.24, 2.45) is 5.73 Å². The number of carbonyl (C=O) groups is 2. The van der Waals surface area contributed by atoms with Gasteiger partial charge in [0.1, 0.15) is 0 Å². The predicted molar refractivity (Wildman–Crippen MR) is 82.6 cm³/mol. The van der Waals surface area contributed by atoms with E-state index in [1.54, 1.807) is 13.8 Å². The summed E-state index contributed by atoms with van der Waals surface area (Å²) < 4.78 is 0. The summed E-state index contributed by atoms with van der Waals surface area (Å²) in [6, 6.07) is 7.87. The lowest BCUT2D eigenvalue weighted by Crippen LogP contribution is -2.30. The summed E-state index contributed by atoms with van der Waals surface area (Å²) in [7, 11) is 0. The molecule has 5 nitrogen and oxygen atoms in total. The molecule has 0 heterocycles. The third kappa shape index (κ3) is 4.86. The zero-order valence-corrected chi connectivity index (χ0v) is 12.6. The second-order valence-corrected chi connectivity index (χ2v) is 5.80. The summed E-state index contributed by atoms with van der Waals surface area (Å²) in [5.41, 5.74) is 7.42. The molecule has 1 unspecified atom stereocenters. The molecule has 21 heavy (non-hydrogen) atoms. The van der Waals surface area contributed by atoms with Crippen LogP contribution in [0.2, 0.25) is 0 Å². The predicted octanol–water partition coefficient (Wildman–Crippen LogP) is 1.87. The lowest BCUT2D eigenvalue weighted by Gasteiger charge is -2.20. The number of hydrogen-bond acceptors (Lipinski definition) is 3. The highest BCUT2D eigenvalue weighted by Gasteiger charge is 2.30. The molecule has 2 amide bonds. The van der Waals surface area contributed by atoms with Gasteiger partial charge in [-0.15, -0.1) is 0 Å². The van der Waals surface area contributed by atoms with E-state index in [1.165, 1.54) is 0 Å². The molecule has 1 aliphatic rings. The lowest BCUT2D eigenvalue weighted by molar-refractivity contribution is -0.130. The first-order valence-electron chi connectivity index (χ1n) is 7.37. The van der Waals surface area contributed by atoms with Gasteiger partial charge in [0.05, 0.1) is 0 Å². The van der Waals surface area contributed by atoms with Gasteiger partial charge in [-0.1, -0.05) is 12.1 Å². The molecule has 3 N–H and O–H groups in total. The Kier molecular flexibility index (Phi) is 4.96. The van der Waals surface area contributed by atoms with Gasteiger partial charge < -0.3 is 16.0 Å². The van der Waals surface area contributed by atoms with Crippen molar-refractivity contribution < 1.29 is 9.59 Å². The quantitative estimate of drug-likeness (QED) is 0.839. The maximum atomic E-state index is 11.6. The second kappa shape index (κ2) is 6.72. The Balaban J connectivity index is 1.92. The molecule has 0 radical (unpaired) electrons. The first-order valence-corrected chi connectivity index (χ1v) is 7.37. The van der Waals surface area contributed by atoms with Crippen LogP contribution in [0.4, 0.5) is 5.69 Å². The molecule has 0 aliphatic heterocycles. The fourth-order valence-electron chi connectivity index (χ4n) is 2.28. The molecule has 0 spiro atoms. The van der Waals surface area contributed by atoms with Crippen LogP contribution in [0, 0.1) is 0 Å². The second-order valence-electron chi connectivity index (χ2n) is 5.80. The Bertz CT molecular complexity index is 507. The number of hydrogen-bond donors (Lipinski definition) is 2. The average molecular weight is 289 g/mol. The van der Waals surface area contributed by atoms with Crippen LogP contribution in [-0.2, 0) is 16.1 Å². The van der Waals surface area contributed by atoms with Gasteiger partial charge in [0.2, 0.25) is 11.8 Å². The number of benzene rings is 1. The molecular formula is C16H23N3O2. The van der Waals surface area contributed by atoms with Crippen molar-refractivity contribution in [3.63, 3.8) is 0 Å². The Morgan fingerprint density at radius 2 is 1.95 bits per heavy atom. The van der Waals surface area contributed by atoms with E-state index in [-0.39, 0.29) is 17.9 Å². The summed E-state index contributed by atoms with van der Waals surface area (Å²) in [6.07, 6.45) is 2.51. The van der Waals surface area contributed by atoms with Crippen LogP contribution in [-0.4, -0.2) is 28.8 Å². The average Bonchev–Trinajstić information content (AvgIpc) is 3.20. The van der Waals surface area contributed by atoms with Gasteiger partial charge in [0.15, 0.2) is 0 Å². The van der Waals surface area contributed by atoms with E-state index < -0.39 is 0 Å². The smallest absolute Gasteiger partial charge is 0.225 e. The van der Waals surface area contributed by atoms with Gasteiger partial charge >= 0.3 is 0 Å². The number of nitrogens with zero attached hydrogens (tertiary/aromatic N) is 1. The Hall–Kier alpha value is -1.88. The van der Waals surface area contributed by atoms with Crippen molar-refractivity contribution in [2.75, 3.05) is 5.32 Å². The lowest BCUT2D eigenvalue weighted by atomic mass is 10.1. The van der Waals surface area contributed by atoms with Crippen molar-refractivity contribution in [1.29, 1.82) is 0 Å². The Morgan fingerprint density at radius 3 is 2.43 bits per heavy atom. The molecule has 1 aromatic rings. The zero-order chi connectivity index (χ0) is 15.4. The highest BCUT2D eigenvalue weighted by atomic mass is 16.2. The summed E-state index contributed by atoms with van der Waals surface area (Å²) >= 11 is 0. The van der Waals surface area contributed by atoms with E-state index in [2.05, 4.69) is 5.32 Å². The SMILES string of the molecule is CC(=O)N(Cc1ccc(NC(=O)CC(C)N)cc1)C1CC1. The van der Waals surface area contributed by atoms with Gasteiger partial charge in [0, 0.05) is 37.7 Å². The molecule has 1 aliphatic carbocycles. The molecule has 0 bridgehead atoms. The highest BCUT2D eigenvalue weighted by Crippen LogP contribution is 2.28. The van der Waals surface area contributed by atoms with Crippen LogP contribution >= 0.6 is 0 Å². The van der Waals surface area contributed by atoms with E-state index in [1.807, 2.05) is 29.2 Å². The topological polar surface area (TPSA) is 75.4 Å². The minimum absolute atomic E-state index is 0.0823. The first kappa shape index (κ1) is 15.5. The molecule has 1 atom stereocenters. The fraction of sp³-hybridized carbons (Fsp3) is 0.500. The number of anilines is 1. The molecule has 0 saturated heterocycles. The summed E-state index contributed by atoms with van der Waals surface area (Å²) in [5.74, 6) is 0.0351. The number of nitrogens with one attached hydrogen (secondary N) is 1. The normalized spacial score (nSPS) is 15.4. The summed E-state index contributed by atoms with van der Waals surface area (Å²) in [5, 5.41) is 2.81. The third-order valence-electron chi connectivity index (χ3n) is 3.49. The monoisotopic (exact) mass is 289 g/mol. The molecule has 114 valence electrons. The molecular weight excluding hydrogens is 266 g/mol. The van der Waals surface area contributed by atoms with Gasteiger partial charge in [-0.3, -0.25) is 9.59 Å². The summed E-state index contributed by atoms with van der Waals surface area (Å²) in [4.78, 5) is 25.1. The van der Waals surface area contributed by atoms with E-state index in [4.69, 9.17) is 5.73 Å². The molecule has 5 heteroatoms. The maximum Gasteiger partial charge on any atom is 0.225 e. The van der Waals surface area contributed by atoms with Gasteiger partial charge in [-0.05, 0) is 37.5 Å². The largest absolute Gasteiger partial charge is 0.336 e. The Morgan fingerprint density at radius 1 is 1.33 bits per heavy atom. The maximum absolute atomic E-state index is 11.6. The fourth-order valence-corrected chi connectivity index (χ4v) is 2.28. The molecule has 0 aromatic heterocycles. The standard InChI is InChI=1S/C16H23N3O2/c1-11(17)9-16(21)18-14-5-3-13(4-6-14)10-19(12(2)20)15-7-8-15/h3-6,11,15H,7-10,17H2,1-2H3,(H,18,21). The molecule has 1 fully saturated rings. The Labute approximate surface area is 125 Å². The van der Waals surface area contributed by atoms with Crippen LogP contribution in [0.1, 0.15) is 38.7 Å². The van der Waals surface area contributed by atoms with Crippen LogP contribution in [0.3, 0.4) is 0 Å². The van der Waals surface area contributed by atoms with Crippen LogP contribution < -0.4 is 11.1 Å². The van der Waals surface area contributed by atoms with E-state index >= 15 is 0 Å². The molecule has 1 saturated carbocycles. The summed E-state index contributed by atoms with van der Waals surface area (Å²) in [6.45, 7) is 4.05. The van der Waals surface area contributed by atoms with Gasteiger partial charge in [0.25, 0.3) is 0 Å². The zero-order valence-electron chi connectivity index (χ0n) is 12.6. The van der Waals surface area contributed by atoms with Crippen molar-refractivity contribution in [1.82, 2.24) is 4.90 Å². The molecule has 2 rings (SSSR count). The van der Waals surface area contributed by atoms with Gasteiger partial charge in [-0.2, -0.15) is 0 Å². The number of nitrogens with two attached hydrogens (primary N) is 1. The van der Waals surface area contributed by atoms with Crippen LogP contribution in [0.5, 0.6) is 0 Å². The van der Waals surface area contributed by atoms with E-state index in [0.717, 1.165) is 24.1 Å². The van der Waals surface area contributed by atoms with Crippen molar-refractivity contribution >= 4 is 17.5 Å². The van der Waals surface area contributed by atoms with Crippen molar-refractivity contribution in [3.05, 3.63) is 29.8 Å². The minimum Gasteiger partial charge on any atom is -0.336 e. The number of rotatable bonds is 6. The van der Waals surface area contributed by atoms with E-state index in [9.17, 15) is 9.59 Å². The van der Waals surface area contributed by atoms with Crippen LogP contribution in [0.15, 0.2) is 24.3 Å². The molecule has 1 aromatic carbocycles. The number of carbonyl (C=O) groups excluding carboxylic acids is 2. The van der Waals surface area contributed by atoms with Crippen molar-refractivity contribution in [3.8, 4) is 0 Å². The van der Waals surface area contributed by atoms with Crippen LogP contribution in [0.25, 0.3) is 0 Å². The van der Waals surface area contributed by atoms with E-state index in [0.29, 0.717) is 19.0 Å². The highest BCUT2D eigenvalue weighted by molar-refractivity contribution is 5.91.